The Kier molecular flexibility index (Phi) is 6.77. The standard InChI is InChI=1S/C29H25NO3/c1-33-28(32)27(31)26(22-14-6-2-7-15-22)30-29(23-16-8-3-9-17-23,24-18-10-4-11-19-24)25-20-12-5-13-21-25/h2-21,26,30H,1H3/t26-/m0/s1. The topological polar surface area (TPSA) is 55.4 Å². The predicted octanol–water partition coefficient (Wildman–Crippen LogP) is 5.05. The van der Waals surface area contributed by atoms with Crippen LogP contribution in [-0.2, 0) is 19.9 Å². The van der Waals surface area contributed by atoms with Crippen LogP contribution in [0.25, 0.3) is 0 Å². The van der Waals surface area contributed by atoms with Crippen LogP contribution in [0.3, 0.4) is 0 Å². The molecule has 4 aromatic rings. The van der Waals surface area contributed by atoms with Gasteiger partial charge in [-0.1, -0.05) is 121 Å². The number of nitrogens with one attached hydrogen (secondary N) is 1. The second-order valence-electron chi connectivity index (χ2n) is 7.69. The van der Waals surface area contributed by atoms with E-state index in [0.717, 1.165) is 16.7 Å². The highest BCUT2D eigenvalue weighted by Crippen LogP contribution is 2.39. The Bertz CT molecular complexity index is 1100. The summed E-state index contributed by atoms with van der Waals surface area (Å²) < 4.78 is 4.82. The summed E-state index contributed by atoms with van der Waals surface area (Å²) in [6.45, 7) is 0. The smallest absolute Gasteiger partial charge is 0.376 e. The molecule has 0 aromatic heterocycles. The van der Waals surface area contributed by atoms with Crippen molar-refractivity contribution >= 4 is 11.8 Å². The number of hydrogen-bond donors (Lipinski definition) is 1. The fourth-order valence-corrected chi connectivity index (χ4v) is 4.20. The Hall–Kier alpha value is -4.02. The third kappa shape index (κ3) is 4.47. The number of esters is 1. The average molecular weight is 436 g/mol. The van der Waals surface area contributed by atoms with E-state index >= 15 is 0 Å². The summed E-state index contributed by atoms with van der Waals surface area (Å²) in [4.78, 5) is 25.7. The van der Waals surface area contributed by atoms with Gasteiger partial charge in [-0.2, -0.15) is 0 Å². The fourth-order valence-electron chi connectivity index (χ4n) is 4.20. The molecular weight excluding hydrogens is 410 g/mol. The fraction of sp³-hybridized carbons (Fsp3) is 0.103. The normalized spacial score (nSPS) is 12.0. The van der Waals surface area contributed by atoms with Crippen LogP contribution >= 0.6 is 0 Å². The first-order chi connectivity index (χ1) is 16.2. The van der Waals surface area contributed by atoms with E-state index in [4.69, 9.17) is 4.74 Å². The summed E-state index contributed by atoms with van der Waals surface area (Å²) in [5.74, 6) is -1.55. The number of carbonyl (C=O) groups is 2. The Morgan fingerprint density at radius 2 is 1.00 bits per heavy atom. The second-order valence-corrected chi connectivity index (χ2v) is 7.69. The Labute approximate surface area is 193 Å². The summed E-state index contributed by atoms with van der Waals surface area (Å²) >= 11 is 0. The number of ketones is 1. The monoisotopic (exact) mass is 435 g/mol. The van der Waals surface area contributed by atoms with E-state index in [2.05, 4.69) is 5.32 Å². The van der Waals surface area contributed by atoms with E-state index in [1.165, 1.54) is 7.11 Å². The Morgan fingerprint density at radius 3 is 1.36 bits per heavy atom. The van der Waals surface area contributed by atoms with E-state index in [-0.39, 0.29) is 0 Å². The van der Waals surface area contributed by atoms with Crippen molar-refractivity contribution in [2.24, 2.45) is 0 Å². The van der Waals surface area contributed by atoms with E-state index in [1.54, 1.807) is 0 Å². The van der Waals surface area contributed by atoms with Crippen molar-refractivity contribution in [1.82, 2.24) is 5.32 Å². The molecule has 0 aliphatic heterocycles. The highest BCUT2D eigenvalue weighted by molar-refractivity contribution is 6.35. The first kappa shape index (κ1) is 22.2. The van der Waals surface area contributed by atoms with Gasteiger partial charge < -0.3 is 4.74 Å². The van der Waals surface area contributed by atoms with Crippen molar-refractivity contribution in [2.45, 2.75) is 11.6 Å². The number of Topliss-reactive ketones (excluding diaryl/α,β-unsaturated/α-hetero) is 1. The molecule has 0 heterocycles. The van der Waals surface area contributed by atoms with Gasteiger partial charge in [0, 0.05) is 0 Å². The van der Waals surface area contributed by atoms with Crippen molar-refractivity contribution in [3.05, 3.63) is 144 Å². The van der Waals surface area contributed by atoms with Gasteiger partial charge in [-0.05, 0) is 22.3 Å². The van der Waals surface area contributed by atoms with Gasteiger partial charge in [0.25, 0.3) is 5.78 Å². The molecule has 4 heteroatoms. The lowest BCUT2D eigenvalue weighted by atomic mass is 9.76. The third-order valence-electron chi connectivity index (χ3n) is 5.76. The van der Waals surface area contributed by atoms with Crippen LogP contribution < -0.4 is 5.32 Å². The molecule has 4 aromatic carbocycles. The molecule has 4 nitrogen and oxygen atoms in total. The second kappa shape index (κ2) is 10.1. The van der Waals surface area contributed by atoms with Crippen molar-refractivity contribution in [2.75, 3.05) is 7.11 Å². The molecule has 1 N–H and O–H groups in total. The summed E-state index contributed by atoms with van der Waals surface area (Å²) in [6, 6.07) is 38.2. The molecule has 0 fully saturated rings. The van der Waals surface area contributed by atoms with Gasteiger partial charge in [0.15, 0.2) is 0 Å². The summed E-state index contributed by atoms with van der Waals surface area (Å²) in [5, 5.41) is 3.60. The molecule has 0 bridgehead atoms. The average Bonchev–Trinajstić information content (AvgIpc) is 2.91. The molecule has 1 atom stereocenters. The first-order valence-corrected chi connectivity index (χ1v) is 10.8. The van der Waals surface area contributed by atoms with E-state index in [0.29, 0.717) is 5.56 Å². The van der Waals surface area contributed by atoms with Crippen molar-refractivity contribution < 1.29 is 14.3 Å². The molecule has 0 radical (unpaired) electrons. The molecule has 0 amide bonds. The van der Waals surface area contributed by atoms with Gasteiger partial charge in [0.2, 0.25) is 0 Å². The minimum atomic E-state index is -0.931. The Morgan fingerprint density at radius 1 is 0.636 bits per heavy atom. The van der Waals surface area contributed by atoms with Crippen LogP contribution in [0.5, 0.6) is 0 Å². The molecular formula is C29H25NO3. The van der Waals surface area contributed by atoms with Crippen LogP contribution in [0.2, 0.25) is 0 Å². The lowest BCUT2D eigenvalue weighted by Gasteiger charge is -2.39. The van der Waals surface area contributed by atoms with E-state index in [9.17, 15) is 9.59 Å². The van der Waals surface area contributed by atoms with Gasteiger partial charge in [0.05, 0.1) is 12.6 Å². The molecule has 0 unspecified atom stereocenters. The molecule has 33 heavy (non-hydrogen) atoms. The van der Waals surface area contributed by atoms with Crippen LogP contribution in [0.1, 0.15) is 28.3 Å². The van der Waals surface area contributed by atoms with Gasteiger partial charge in [0.1, 0.15) is 6.04 Å². The van der Waals surface area contributed by atoms with Crippen LogP contribution in [0.4, 0.5) is 0 Å². The lowest BCUT2D eigenvalue weighted by Crippen LogP contribution is -2.49. The zero-order chi connectivity index (χ0) is 23.1. The molecule has 4 rings (SSSR count). The largest absolute Gasteiger partial charge is 0.463 e. The number of rotatable bonds is 8. The highest BCUT2D eigenvalue weighted by Gasteiger charge is 2.41. The van der Waals surface area contributed by atoms with Gasteiger partial charge >= 0.3 is 5.97 Å². The summed E-state index contributed by atoms with van der Waals surface area (Å²) in [5.41, 5.74) is 2.61. The molecule has 0 aliphatic rings. The van der Waals surface area contributed by atoms with Crippen molar-refractivity contribution in [3.8, 4) is 0 Å². The maximum absolute atomic E-state index is 13.3. The summed E-state index contributed by atoms with van der Waals surface area (Å²) in [6.07, 6.45) is 0. The maximum Gasteiger partial charge on any atom is 0.376 e. The minimum absolute atomic E-state index is 0.657. The minimum Gasteiger partial charge on any atom is -0.463 e. The predicted molar refractivity (Wildman–Crippen MR) is 129 cm³/mol. The quantitative estimate of drug-likeness (QED) is 0.239. The molecule has 0 saturated carbocycles. The number of hydrogen-bond acceptors (Lipinski definition) is 4. The highest BCUT2D eigenvalue weighted by atomic mass is 16.5. The lowest BCUT2D eigenvalue weighted by molar-refractivity contribution is -0.152. The number of benzene rings is 4. The molecule has 0 saturated heterocycles. The molecule has 164 valence electrons. The third-order valence-corrected chi connectivity index (χ3v) is 5.76. The molecule has 0 aliphatic carbocycles. The first-order valence-electron chi connectivity index (χ1n) is 10.8. The van der Waals surface area contributed by atoms with Crippen LogP contribution in [0.15, 0.2) is 121 Å². The van der Waals surface area contributed by atoms with Gasteiger partial charge in [-0.3, -0.25) is 10.1 Å². The SMILES string of the molecule is COC(=O)C(=O)[C@@H](NC(c1ccccc1)(c1ccccc1)c1ccccc1)c1ccccc1. The van der Waals surface area contributed by atoms with Crippen LogP contribution in [0, 0.1) is 0 Å². The maximum atomic E-state index is 13.3. The zero-order valence-electron chi connectivity index (χ0n) is 18.3. The van der Waals surface area contributed by atoms with E-state index < -0.39 is 23.3 Å². The van der Waals surface area contributed by atoms with Gasteiger partial charge in [-0.25, -0.2) is 4.79 Å². The van der Waals surface area contributed by atoms with Crippen molar-refractivity contribution in [1.29, 1.82) is 0 Å². The number of carbonyl (C=O) groups excluding carboxylic acids is 2. The Balaban J connectivity index is 1.99. The number of ether oxygens (including phenoxy) is 1. The van der Waals surface area contributed by atoms with Gasteiger partial charge in [-0.15, -0.1) is 0 Å². The summed E-state index contributed by atoms with van der Waals surface area (Å²) in [7, 11) is 1.22. The number of methoxy groups -OCH3 is 1. The van der Waals surface area contributed by atoms with E-state index in [1.807, 2.05) is 121 Å². The molecule has 0 spiro atoms. The van der Waals surface area contributed by atoms with Crippen molar-refractivity contribution in [3.63, 3.8) is 0 Å². The van der Waals surface area contributed by atoms with Crippen LogP contribution in [-0.4, -0.2) is 18.9 Å². The zero-order valence-corrected chi connectivity index (χ0v) is 18.3.